The Hall–Kier alpha value is -2.60. The third kappa shape index (κ3) is 5.22. The molecule has 1 fully saturated rings. The van der Waals surface area contributed by atoms with Gasteiger partial charge in [0.2, 0.25) is 15.9 Å². The van der Waals surface area contributed by atoms with E-state index in [-0.39, 0.29) is 16.6 Å². The van der Waals surface area contributed by atoms with Crippen molar-refractivity contribution in [1.29, 1.82) is 0 Å². The van der Waals surface area contributed by atoms with Crippen molar-refractivity contribution >= 4 is 38.7 Å². The van der Waals surface area contributed by atoms with Crippen molar-refractivity contribution in [3.05, 3.63) is 48.0 Å². The van der Waals surface area contributed by atoms with Crippen LogP contribution in [-0.4, -0.2) is 67.3 Å². The highest BCUT2D eigenvalue weighted by atomic mass is 32.2. The first kappa shape index (κ1) is 24.5. The van der Waals surface area contributed by atoms with Gasteiger partial charge in [-0.15, -0.1) is 0 Å². The Morgan fingerprint density at radius 1 is 1.21 bits per heavy atom. The minimum atomic E-state index is -3.61. The summed E-state index contributed by atoms with van der Waals surface area (Å²) >= 11 is 1.32. The molecule has 0 radical (unpaired) electrons. The van der Waals surface area contributed by atoms with E-state index < -0.39 is 10.0 Å². The number of rotatable bonds is 9. The van der Waals surface area contributed by atoms with Crippen molar-refractivity contribution < 1.29 is 22.7 Å². The van der Waals surface area contributed by atoms with Gasteiger partial charge in [0.25, 0.3) is 0 Å². The van der Waals surface area contributed by atoms with Gasteiger partial charge in [-0.1, -0.05) is 30.0 Å². The average molecular weight is 505 g/mol. The zero-order valence-electron chi connectivity index (χ0n) is 19.2. The first-order valence-electron chi connectivity index (χ1n) is 11.0. The van der Waals surface area contributed by atoms with Crippen LogP contribution in [0.25, 0.3) is 11.0 Å². The summed E-state index contributed by atoms with van der Waals surface area (Å²) in [6.07, 6.45) is 0. The highest BCUT2D eigenvalue weighted by molar-refractivity contribution is 7.99. The molecule has 0 atom stereocenters. The van der Waals surface area contributed by atoms with E-state index in [1.54, 1.807) is 25.3 Å². The Bertz CT molecular complexity index is 1270. The molecule has 182 valence electrons. The van der Waals surface area contributed by atoms with Gasteiger partial charge < -0.3 is 19.4 Å². The zero-order valence-corrected chi connectivity index (χ0v) is 20.8. The van der Waals surface area contributed by atoms with Crippen LogP contribution in [0.3, 0.4) is 0 Å². The van der Waals surface area contributed by atoms with E-state index in [9.17, 15) is 13.2 Å². The van der Waals surface area contributed by atoms with Crippen LogP contribution in [0.2, 0.25) is 0 Å². The minimum Gasteiger partial charge on any atom is -0.496 e. The second kappa shape index (κ2) is 10.8. The maximum atomic E-state index is 13.0. The first-order chi connectivity index (χ1) is 16.4. The number of methoxy groups -OCH3 is 1. The second-order valence-electron chi connectivity index (χ2n) is 7.68. The molecule has 34 heavy (non-hydrogen) atoms. The second-order valence-corrected chi connectivity index (χ2v) is 10.6. The third-order valence-electron chi connectivity index (χ3n) is 5.61. The molecule has 11 heteroatoms. The molecule has 1 aliphatic rings. The fourth-order valence-corrected chi connectivity index (χ4v) is 6.16. The SMILES string of the molecule is CCn1c(SCC(=O)NCc2ccccc2OC)nc2cc(S(=O)(=O)N3CCOCC3)ccc21. The molecule has 3 aromatic rings. The van der Waals surface area contributed by atoms with Crippen molar-refractivity contribution in [3.8, 4) is 5.75 Å². The number of imidazole rings is 1. The molecule has 1 saturated heterocycles. The molecule has 1 amide bonds. The number of amides is 1. The predicted octanol–water partition coefficient (Wildman–Crippen LogP) is 2.49. The smallest absolute Gasteiger partial charge is 0.243 e. The summed E-state index contributed by atoms with van der Waals surface area (Å²) < 4.78 is 40.0. The van der Waals surface area contributed by atoms with E-state index in [1.165, 1.54) is 16.1 Å². The van der Waals surface area contributed by atoms with Crippen LogP contribution in [0.15, 0.2) is 52.5 Å². The number of hydrogen-bond acceptors (Lipinski definition) is 7. The number of aryl methyl sites for hydroxylation is 1. The monoisotopic (exact) mass is 504 g/mol. The fraction of sp³-hybridized carbons (Fsp3) is 0.391. The normalized spacial score (nSPS) is 14.9. The van der Waals surface area contributed by atoms with Gasteiger partial charge in [0, 0.05) is 31.7 Å². The van der Waals surface area contributed by atoms with Gasteiger partial charge in [-0.25, -0.2) is 13.4 Å². The number of morpholine rings is 1. The zero-order chi connectivity index (χ0) is 24.1. The van der Waals surface area contributed by atoms with Gasteiger partial charge in [0.05, 0.1) is 42.0 Å². The highest BCUT2D eigenvalue weighted by Gasteiger charge is 2.27. The Morgan fingerprint density at radius 3 is 2.71 bits per heavy atom. The summed E-state index contributed by atoms with van der Waals surface area (Å²) in [5.74, 6) is 0.796. The number of ether oxygens (including phenoxy) is 2. The maximum absolute atomic E-state index is 13.0. The van der Waals surface area contributed by atoms with Crippen molar-refractivity contribution in [3.63, 3.8) is 0 Å². The molecule has 2 aromatic carbocycles. The number of sulfonamides is 1. The average Bonchev–Trinajstić information content (AvgIpc) is 3.23. The topological polar surface area (TPSA) is 103 Å². The van der Waals surface area contributed by atoms with E-state index in [1.807, 2.05) is 35.8 Å². The molecule has 1 aliphatic heterocycles. The van der Waals surface area contributed by atoms with Crippen LogP contribution in [0.4, 0.5) is 0 Å². The van der Waals surface area contributed by atoms with Crippen molar-refractivity contribution in [2.75, 3.05) is 39.2 Å². The molecule has 0 unspecified atom stereocenters. The number of thioether (sulfide) groups is 1. The number of fused-ring (bicyclic) bond motifs is 1. The lowest BCUT2D eigenvalue weighted by Crippen LogP contribution is -2.40. The molecule has 0 saturated carbocycles. The summed E-state index contributed by atoms with van der Waals surface area (Å²) in [4.78, 5) is 17.3. The van der Waals surface area contributed by atoms with Crippen LogP contribution in [0.5, 0.6) is 5.75 Å². The van der Waals surface area contributed by atoms with Gasteiger partial charge in [-0.05, 0) is 31.2 Å². The number of benzene rings is 2. The molecule has 9 nitrogen and oxygen atoms in total. The van der Waals surface area contributed by atoms with E-state index in [2.05, 4.69) is 10.3 Å². The maximum Gasteiger partial charge on any atom is 0.243 e. The molecule has 2 heterocycles. The van der Waals surface area contributed by atoms with Crippen LogP contribution in [0.1, 0.15) is 12.5 Å². The largest absolute Gasteiger partial charge is 0.496 e. The Morgan fingerprint density at radius 2 is 1.97 bits per heavy atom. The molecular weight excluding hydrogens is 476 g/mol. The van der Waals surface area contributed by atoms with Gasteiger partial charge >= 0.3 is 0 Å². The number of aromatic nitrogens is 2. The Kier molecular flexibility index (Phi) is 7.77. The Labute approximate surface area is 203 Å². The summed E-state index contributed by atoms with van der Waals surface area (Å²) in [6.45, 7) is 4.49. The van der Waals surface area contributed by atoms with Crippen LogP contribution < -0.4 is 10.1 Å². The van der Waals surface area contributed by atoms with Crippen LogP contribution in [-0.2, 0) is 32.6 Å². The third-order valence-corrected chi connectivity index (χ3v) is 8.48. The van der Waals surface area contributed by atoms with Gasteiger partial charge in [-0.3, -0.25) is 4.79 Å². The first-order valence-corrected chi connectivity index (χ1v) is 13.5. The van der Waals surface area contributed by atoms with Crippen molar-refractivity contribution in [1.82, 2.24) is 19.2 Å². The minimum absolute atomic E-state index is 0.124. The lowest BCUT2D eigenvalue weighted by molar-refractivity contribution is -0.118. The molecular formula is C23H28N4O5S2. The lowest BCUT2D eigenvalue weighted by atomic mass is 10.2. The number of nitrogens with one attached hydrogen (secondary N) is 1. The van der Waals surface area contributed by atoms with Crippen LogP contribution in [0, 0.1) is 0 Å². The summed E-state index contributed by atoms with van der Waals surface area (Å²) in [6, 6.07) is 12.6. The van der Waals surface area contributed by atoms with Crippen LogP contribution >= 0.6 is 11.8 Å². The van der Waals surface area contributed by atoms with E-state index in [0.717, 1.165) is 16.8 Å². The summed E-state index contributed by atoms with van der Waals surface area (Å²) in [7, 11) is -2.01. The Balaban J connectivity index is 1.46. The van der Waals surface area contributed by atoms with E-state index in [4.69, 9.17) is 9.47 Å². The fourth-order valence-electron chi connectivity index (χ4n) is 3.82. The molecule has 0 bridgehead atoms. The number of hydrogen-bond donors (Lipinski definition) is 1. The number of para-hydroxylation sites is 1. The molecule has 4 rings (SSSR count). The van der Waals surface area contributed by atoms with Crippen molar-refractivity contribution in [2.45, 2.75) is 30.1 Å². The number of carbonyl (C=O) groups excluding carboxylic acids is 1. The quantitative estimate of drug-likeness (QED) is 0.447. The standard InChI is InChI=1S/C23H28N4O5S2/c1-3-27-20-9-8-18(34(29,30)26-10-12-32-13-11-26)14-19(20)25-23(27)33-16-22(28)24-15-17-6-4-5-7-21(17)31-2/h4-9,14H,3,10-13,15-16H2,1-2H3,(H,24,28). The van der Waals surface area contributed by atoms with Gasteiger partial charge in [-0.2, -0.15) is 4.31 Å². The predicted molar refractivity (Wildman–Crippen MR) is 131 cm³/mol. The summed E-state index contributed by atoms with van der Waals surface area (Å²) in [5, 5.41) is 3.58. The molecule has 0 aliphatic carbocycles. The summed E-state index contributed by atoms with van der Waals surface area (Å²) in [5.41, 5.74) is 2.33. The van der Waals surface area contributed by atoms with Crippen molar-refractivity contribution in [2.24, 2.45) is 0 Å². The van der Waals surface area contributed by atoms with E-state index >= 15 is 0 Å². The molecule has 1 aromatic heterocycles. The highest BCUT2D eigenvalue weighted by Crippen LogP contribution is 2.27. The number of nitrogens with zero attached hydrogens (tertiary/aromatic N) is 3. The van der Waals surface area contributed by atoms with Gasteiger partial charge in [0.1, 0.15) is 5.75 Å². The molecule has 1 N–H and O–H groups in total. The van der Waals surface area contributed by atoms with Gasteiger partial charge in [0.15, 0.2) is 5.16 Å². The lowest BCUT2D eigenvalue weighted by Gasteiger charge is -2.26. The molecule has 0 spiro atoms. The number of carbonyl (C=O) groups is 1. The van der Waals surface area contributed by atoms with E-state index in [0.29, 0.717) is 50.1 Å².